The van der Waals surface area contributed by atoms with Crippen molar-refractivity contribution in [2.45, 2.75) is 32.5 Å². The number of primary amides is 1. The van der Waals surface area contributed by atoms with Gasteiger partial charge in [-0.2, -0.15) is 13.2 Å². The van der Waals surface area contributed by atoms with E-state index in [9.17, 15) is 18.0 Å². The molecule has 0 heterocycles. The van der Waals surface area contributed by atoms with Crippen LogP contribution in [0.1, 0.15) is 23.6 Å². The summed E-state index contributed by atoms with van der Waals surface area (Å²) in [5.41, 5.74) is 6.04. The molecule has 0 aliphatic rings. The first-order valence-electron chi connectivity index (χ1n) is 8.27. The molecule has 0 spiro atoms. The summed E-state index contributed by atoms with van der Waals surface area (Å²) in [5, 5.41) is 2.35. The van der Waals surface area contributed by atoms with Gasteiger partial charge in [0.1, 0.15) is 5.70 Å². The lowest BCUT2D eigenvalue weighted by Crippen LogP contribution is -2.32. The van der Waals surface area contributed by atoms with E-state index in [2.05, 4.69) is 5.32 Å². The van der Waals surface area contributed by atoms with E-state index in [-0.39, 0.29) is 13.0 Å². The number of hydrogen-bond donors (Lipinski definition) is 2. The molecule has 0 aliphatic heterocycles. The molecule has 0 saturated heterocycles. The number of hydrogen-bond acceptors (Lipinski definition) is 2. The molecule has 2 aromatic rings. The minimum Gasteiger partial charge on any atom is -0.377 e. The van der Waals surface area contributed by atoms with Crippen molar-refractivity contribution in [3.05, 3.63) is 82.6 Å². The third kappa shape index (κ3) is 5.37. The molecule has 138 valence electrons. The van der Waals surface area contributed by atoms with Crippen LogP contribution in [-0.4, -0.2) is 12.1 Å². The molecule has 3 nitrogen and oxygen atoms in total. The first-order valence-corrected chi connectivity index (χ1v) is 8.27. The van der Waals surface area contributed by atoms with Gasteiger partial charge in [-0.15, -0.1) is 0 Å². The standard InChI is InChI=1S/C20H21F3N2O/c1-2-14-8-10-15(11-9-14)12-17(19(24)26)18(20(21,22)23)25-13-16-6-4-3-5-7-16/h3-11,25H,2,12-13H2,1H3,(H2,24,26)/b18-17-. The van der Waals surface area contributed by atoms with Crippen molar-refractivity contribution in [3.63, 3.8) is 0 Å². The van der Waals surface area contributed by atoms with Gasteiger partial charge in [0, 0.05) is 18.5 Å². The number of carbonyl (C=O) groups excluding carboxylic acids is 1. The van der Waals surface area contributed by atoms with Crippen molar-refractivity contribution in [2.75, 3.05) is 0 Å². The highest BCUT2D eigenvalue weighted by Gasteiger charge is 2.37. The summed E-state index contributed by atoms with van der Waals surface area (Å²) in [4.78, 5) is 11.8. The molecule has 0 unspecified atom stereocenters. The smallest absolute Gasteiger partial charge is 0.377 e. The Bertz CT molecular complexity index is 766. The van der Waals surface area contributed by atoms with E-state index in [1.54, 1.807) is 42.5 Å². The van der Waals surface area contributed by atoms with Crippen molar-refractivity contribution >= 4 is 5.91 Å². The zero-order chi connectivity index (χ0) is 19.2. The Morgan fingerprint density at radius 3 is 2.04 bits per heavy atom. The SMILES string of the molecule is CCc1ccc(C/C(C(N)=O)=C(/NCc2ccccc2)C(F)(F)F)cc1. The molecule has 0 aromatic heterocycles. The van der Waals surface area contributed by atoms with E-state index in [0.29, 0.717) is 11.1 Å². The fraction of sp³-hybridized carbons (Fsp3) is 0.250. The molecule has 0 fully saturated rings. The molecule has 0 saturated carbocycles. The van der Waals surface area contributed by atoms with Crippen molar-refractivity contribution in [1.82, 2.24) is 5.32 Å². The number of nitrogens with one attached hydrogen (secondary N) is 1. The van der Waals surface area contributed by atoms with Crippen LogP contribution < -0.4 is 11.1 Å². The summed E-state index contributed by atoms with van der Waals surface area (Å²) in [5.74, 6) is -1.09. The lowest BCUT2D eigenvalue weighted by molar-refractivity contribution is -0.117. The lowest BCUT2D eigenvalue weighted by Gasteiger charge is -2.18. The predicted octanol–water partition coefficient (Wildman–Crippen LogP) is 3.88. The van der Waals surface area contributed by atoms with Gasteiger partial charge < -0.3 is 11.1 Å². The van der Waals surface area contributed by atoms with Gasteiger partial charge in [-0.1, -0.05) is 61.5 Å². The average molecular weight is 362 g/mol. The zero-order valence-corrected chi connectivity index (χ0v) is 14.4. The van der Waals surface area contributed by atoms with Crippen molar-refractivity contribution in [3.8, 4) is 0 Å². The second kappa shape index (κ2) is 8.56. The van der Waals surface area contributed by atoms with Gasteiger partial charge in [0.25, 0.3) is 0 Å². The summed E-state index contributed by atoms with van der Waals surface area (Å²) in [6, 6.07) is 15.7. The normalized spacial score (nSPS) is 12.5. The van der Waals surface area contributed by atoms with E-state index < -0.39 is 23.4 Å². The number of nitrogens with two attached hydrogens (primary N) is 1. The van der Waals surface area contributed by atoms with Gasteiger partial charge >= 0.3 is 6.18 Å². The predicted molar refractivity (Wildman–Crippen MR) is 95.1 cm³/mol. The van der Waals surface area contributed by atoms with Crippen LogP contribution in [0.15, 0.2) is 65.9 Å². The minimum absolute atomic E-state index is 0.0543. The number of rotatable bonds is 7. The Balaban J connectivity index is 2.32. The van der Waals surface area contributed by atoms with Gasteiger partial charge in [0.15, 0.2) is 0 Å². The van der Waals surface area contributed by atoms with Gasteiger partial charge in [0.2, 0.25) is 5.91 Å². The topological polar surface area (TPSA) is 55.1 Å². The Hall–Kier alpha value is -2.76. The summed E-state index contributed by atoms with van der Waals surface area (Å²) in [6.07, 6.45) is -4.07. The number of aryl methyl sites for hydroxylation is 1. The molecular formula is C20H21F3N2O. The van der Waals surface area contributed by atoms with E-state index in [4.69, 9.17) is 5.73 Å². The fourth-order valence-corrected chi connectivity index (χ4v) is 2.56. The van der Waals surface area contributed by atoms with Crippen LogP contribution in [0.4, 0.5) is 13.2 Å². The van der Waals surface area contributed by atoms with E-state index in [1.807, 2.05) is 19.1 Å². The Morgan fingerprint density at radius 2 is 1.54 bits per heavy atom. The largest absolute Gasteiger partial charge is 0.431 e. The maximum absolute atomic E-state index is 13.5. The number of halogens is 3. The summed E-state index contributed by atoms with van der Waals surface area (Å²) in [6.45, 7) is 1.93. The van der Waals surface area contributed by atoms with Gasteiger partial charge in [0.05, 0.1) is 0 Å². The van der Waals surface area contributed by atoms with Crippen molar-refractivity contribution in [1.29, 1.82) is 0 Å². The highest BCUT2D eigenvalue weighted by atomic mass is 19.4. The highest BCUT2D eigenvalue weighted by molar-refractivity contribution is 5.93. The minimum atomic E-state index is -4.71. The molecule has 6 heteroatoms. The van der Waals surface area contributed by atoms with E-state index in [0.717, 1.165) is 12.0 Å². The Labute approximate surface area is 150 Å². The third-order valence-electron chi connectivity index (χ3n) is 4.01. The van der Waals surface area contributed by atoms with Gasteiger partial charge in [-0.25, -0.2) is 0 Å². The summed E-state index contributed by atoms with van der Waals surface area (Å²) >= 11 is 0. The fourth-order valence-electron chi connectivity index (χ4n) is 2.56. The van der Waals surface area contributed by atoms with E-state index >= 15 is 0 Å². The first-order chi connectivity index (χ1) is 12.3. The molecule has 2 aromatic carbocycles. The van der Waals surface area contributed by atoms with Crippen molar-refractivity contribution < 1.29 is 18.0 Å². The number of benzene rings is 2. The summed E-state index contributed by atoms with van der Waals surface area (Å²) < 4.78 is 40.6. The molecule has 26 heavy (non-hydrogen) atoms. The molecule has 1 amide bonds. The lowest BCUT2D eigenvalue weighted by atomic mass is 10.0. The van der Waals surface area contributed by atoms with Crippen molar-refractivity contribution in [2.24, 2.45) is 5.73 Å². The molecular weight excluding hydrogens is 341 g/mol. The average Bonchev–Trinajstić information content (AvgIpc) is 2.61. The van der Waals surface area contributed by atoms with E-state index in [1.165, 1.54) is 0 Å². The number of alkyl halides is 3. The maximum atomic E-state index is 13.5. The Kier molecular flexibility index (Phi) is 6.44. The second-order valence-electron chi connectivity index (χ2n) is 5.90. The number of carbonyl (C=O) groups is 1. The van der Waals surface area contributed by atoms with Crippen LogP contribution >= 0.6 is 0 Å². The van der Waals surface area contributed by atoms with Gasteiger partial charge in [-0.05, 0) is 23.1 Å². The number of allylic oxidation sites excluding steroid dienone is 1. The quantitative estimate of drug-likeness (QED) is 0.735. The zero-order valence-electron chi connectivity index (χ0n) is 14.4. The van der Waals surface area contributed by atoms with Crippen LogP contribution in [0.5, 0.6) is 0 Å². The second-order valence-corrected chi connectivity index (χ2v) is 5.90. The van der Waals surface area contributed by atoms with Crippen LogP contribution in [-0.2, 0) is 24.2 Å². The number of amides is 1. The molecule has 0 radical (unpaired) electrons. The van der Waals surface area contributed by atoms with Gasteiger partial charge in [-0.3, -0.25) is 4.79 Å². The molecule has 0 atom stereocenters. The maximum Gasteiger partial charge on any atom is 0.431 e. The van der Waals surface area contributed by atoms with Crippen LogP contribution in [0.25, 0.3) is 0 Å². The first kappa shape index (κ1) is 19.6. The summed E-state index contributed by atoms with van der Waals surface area (Å²) in [7, 11) is 0. The van der Waals surface area contributed by atoms with Crippen LogP contribution in [0.3, 0.4) is 0 Å². The molecule has 2 rings (SSSR count). The molecule has 0 bridgehead atoms. The van der Waals surface area contributed by atoms with Crippen LogP contribution in [0, 0.1) is 0 Å². The molecule has 0 aliphatic carbocycles. The Morgan fingerprint density at radius 1 is 0.962 bits per heavy atom. The molecule has 3 N–H and O–H groups in total. The van der Waals surface area contributed by atoms with Crippen LogP contribution in [0.2, 0.25) is 0 Å². The highest BCUT2D eigenvalue weighted by Crippen LogP contribution is 2.28. The monoisotopic (exact) mass is 362 g/mol. The third-order valence-corrected chi connectivity index (χ3v) is 4.01.